The van der Waals surface area contributed by atoms with Crippen molar-refractivity contribution in [2.45, 2.75) is 18.4 Å². The minimum Gasteiger partial charge on any atom is -0.481 e. The summed E-state index contributed by atoms with van der Waals surface area (Å²) in [6.07, 6.45) is 5.88. The zero-order chi connectivity index (χ0) is 27.7. The number of carbonyl (C=O) groups excluding carboxylic acids is 1. The number of nitriles is 1. The van der Waals surface area contributed by atoms with Crippen LogP contribution in [0.4, 0.5) is 4.39 Å². The van der Waals surface area contributed by atoms with Gasteiger partial charge in [-0.1, -0.05) is 36.0 Å². The lowest BCUT2D eigenvalue weighted by Gasteiger charge is -2.45. The fourth-order valence-corrected chi connectivity index (χ4v) is 6.67. The van der Waals surface area contributed by atoms with E-state index in [1.54, 1.807) is 62.0 Å². The summed E-state index contributed by atoms with van der Waals surface area (Å²) < 4.78 is 21.5. The highest BCUT2D eigenvalue weighted by molar-refractivity contribution is 8.13. The summed E-state index contributed by atoms with van der Waals surface area (Å²) in [5.41, 5.74) is 3.73. The number of carbonyl (C=O) groups is 1. The average molecular weight is 550 g/mol. The predicted octanol–water partition coefficient (Wildman–Crippen LogP) is 5.31. The normalized spacial score (nSPS) is 19.4. The van der Waals surface area contributed by atoms with Crippen LogP contribution in [0.5, 0.6) is 5.88 Å². The third-order valence-electron chi connectivity index (χ3n) is 7.51. The topological polar surface area (TPSA) is 100 Å². The number of benzene rings is 2. The van der Waals surface area contributed by atoms with Gasteiger partial charge in [0, 0.05) is 58.9 Å². The number of hydrogen-bond donors (Lipinski definition) is 1. The minimum atomic E-state index is -1.02. The SMILES string of the molecule is COc1nccc2c1C[C@]1(c3cc(-c4cncc(C#N)c4)ccc3F)N=C(NC(=O)c3ccccc3)SC[C@@H]1C2. The molecule has 0 unspecified atom stereocenters. The molecular formula is C31H24FN5O2S. The van der Waals surface area contributed by atoms with Gasteiger partial charge in [0.1, 0.15) is 11.9 Å². The molecule has 4 aromatic rings. The smallest absolute Gasteiger partial charge is 0.257 e. The number of hydrogen-bond acceptors (Lipinski definition) is 7. The van der Waals surface area contributed by atoms with Gasteiger partial charge in [-0.2, -0.15) is 5.26 Å². The quantitative estimate of drug-likeness (QED) is 0.371. The van der Waals surface area contributed by atoms with E-state index in [4.69, 9.17) is 9.73 Å². The number of pyridine rings is 2. The maximum Gasteiger partial charge on any atom is 0.257 e. The average Bonchev–Trinajstić information content (AvgIpc) is 3.00. The number of halogens is 1. The number of ether oxygens (including phenoxy) is 1. The van der Waals surface area contributed by atoms with Crippen molar-refractivity contribution >= 4 is 22.8 Å². The lowest BCUT2D eigenvalue weighted by molar-refractivity contribution is 0.0977. The largest absolute Gasteiger partial charge is 0.481 e. The number of nitrogens with zero attached hydrogens (tertiary/aromatic N) is 4. The van der Waals surface area contributed by atoms with Crippen LogP contribution in [0.1, 0.15) is 32.6 Å². The Morgan fingerprint density at radius 3 is 2.80 bits per heavy atom. The van der Waals surface area contributed by atoms with Gasteiger partial charge in [0.2, 0.25) is 5.88 Å². The summed E-state index contributed by atoms with van der Waals surface area (Å²) in [4.78, 5) is 26.8. The molecular weight excluding hydrogens is 525 g/mol. The van der Waals surface area contributed by atoms with Gasteiger partial charge >= 0.3 is 0 Å². The Morgan fingerprint density at radius 2 is 2.00 bits per heavy atom. The van der Waals surface area contributed by atoms with Crippen LogP contribution in [0, 0.1) is 23.1 Å². The zero-order valence-electron chi connectivity index (χ0n) is 21.6. The molecule has 40 heavy (non-hydrogen) atoms. The first-order valence-electron chi connectivity index (χ1n) is 12.8. The van der Waals surface area contributed by atoms with Crippen molar-refractivity contribution in [1.82, 2.24) is 15.3 Å². The fraction of sp³-hybridized carbons (Fsp3) is 0.194. The molecule has 1 N–H and O–H groups in total. The predicted molar refractivity (Wildman–Crippen MR) is 152 cm³/mol. The maximum atomic E-state index is 15.9. The molecule has 0 bridgehead atoms. The molecule has 1 aliphatic heterocycles. The Morgan fingerprint density at radius 1 is 1.15 bits per heavy atom. The van der Waals surface area contributed by atoms with E-state index in [1.165, 1.54) is 24.0 Å². The Bertz CT molecular complexity index is 1690. The Kier molecular flexibility index (Phi) is 6.78. The summed E-state index contributed by atoms with van der Waals surface area (Å²) >= 11 is 1.46. The number of thioether (sulfide) groups is 1. The Balaban J connectivity index is 1.50. The highest BCUT2D eigenvalue weighted by Crippen LogP contribution is 2.50. The summed E-state index contributed by atoms with van der Waals surface area (Å²) in [5.74, 6) is 0.398. The van der Waals surface area contributed by atoms with Crippen LogP contribution in [0.2, 0.25) is 0 Å². The van der Waals surface area contributed by atoms with Gasteiger partial charge in [0.25, 0.3) is 5.91 Å². The molecule has 198 valence electrons. The number of aromatic nitrogens is 2. The lowest BCUT2D eigenvalue weighted by Crippen LogP contribution is -2.48. The molecule has 0 radical (unpaired) electrons. The number of rotatable bonds is 4. The monoisotopic (exact) mass is 549 g/mol. The summed E-state index contributed by atoms with van der Waals surface area (Å²) in [6.45, 7) is 0. The van der Waals surface area contributed by atoms with Gasteiger partial charge in [-0.3, -0.25) is 9.78 Å². The highest BCUT2D eigenvalue weighted by Gasteiger charge is 2.49. The molecule has 1 amide bonds. The van der Waals surface area contributed by atoms with E-state index in [0.29, 0.717) is 51.9 Å². The highest BCUT2D eigenvalue weighted by atomic mass is 32.2. The number of amidine groups is 1. The van der Waals surface area contributed by atoms with Crippen molar-refractivity contribution in [2.24, 2.45) is 10.9 Å². The molecule has 0 fully saturated rings. The van der Waals surface area contributed by atoms with Crippen molar-refractivity contribution in [3.63, 3.8) is 0 Å². The number of amides is 1. The second-order valence-electron chi connectivity index (χ2n) is 9.78. The van der Waals surface area contributed by atoms with Crippen LogP contribution in [-0.4, -0.2) is 33.9 Å². The molecule has 2 atom stereocenters. The Hall–Kier alpha value is -4.55. The molecule has 3 heterocycles. The zero-order valence-corrected chi connectivity index (χ0v) is 22.4. The molecule has 9 heteroatoms. The first-order valence-corrected chi connectivity index (χ1v) is 13.7. The Labute approximate surface area is 235 Å². The second kappa shape index (κ2) is 10.5. The molecule has 6 rings (SSSR count). The number of nitrogens with one attached hydrogen (secondary N) is 1. The third kappa shape index (κ3) is 4.61. The van der Waals surface area contributed by atoms with Crippen molar-refractivity contribution in [3.05, 3.63) is 113 Å². The molecule has 7 nitrogen and oxygen atoms in total. The van der Waals surface area contributed by atoms with Crippen LogP contribution >= 0.6 is 11.8 Å². The van der Waals surface area contributed by atoms with Crippen molar-refractivity contribution in [1.29, 1.82) is 5.26 Å². The van der Waals surface area contributed by atoms with Crippen LogP contribution in [0.3, 0.4) is 0 Å². The first kappa shape index (κ1) is 25.7. The van der Waals surface area contributed by atoms with Crippen molar-refractivity contribution in [3.8, 4) is 23.1 Å². The van der Waals surface area contributed by atoms with Crippen molar-refractivity contribution in [2.75, 3.05) is 12.9 Å². The van der Waals surface area contributed by atoms with E-state index in [0.717, 1.165) is 16.7 Å². The molecule has 0 saturated heterocycles. The summed E-state index contributed by atoms with van der Waals surface area (Å²) in [6, 6.07) is 19.7. The molecule has 0 saturated carbocycles. The lowest BCUT2D eigenvalue weighted by atomic mass is 9.67. The summed E-state index contributed by atoms with van der Waals surface area (Å²) in [7, 11) is 1.57. The van der Waals surface area contributed by atoms with E-state index in [2.05, 4.69) is 21.4 Å². The van der Waals surface area contributed by atoms with Gasteiger partial charge in [-0.05, 0) is 53.9 Å². The van der Waals surface area contributed by atoms with Crippen LogP contribution < -0.4 is 10.1 Å². The van der Waals surface area contributed by atoms with Gasteiger partial charge < -0.3 is 10.1 Å². The molecule has 0 spiro atoms. The number of methoxy groups -OCH3 is 1. The molecule has 2 aromatic heterocycles. The van der Waals surface area contributed by atoms with E-state index >= 15 is 4.39 Å². The number of aliphatic imine (C=N–C) groups is 1. The minimum absolute atomic E-state index is 0.0530. The van der Waals surface area contributed by atoms with E-state index in [-0.39, 0.29) is 11.8 Å². The van der Waals surface area contributed by atoms with E-state index in [1.807, 2.05) is 12.1 Å². The fourth-order valence-electron chi connectivity index (χ4n) is 5.53. The molecule has 2 aromatic carbocycles. The van der Waals surface area contributed by atoms with E-state index in [9.17, 15) is 10.1 Å². The summed E-state index contributed by atoms with van der Waals surface area (Å²) in [5, 5.41) is 12.8. The van der Waals surface area contributed by atoms with Crippen LogP contribution in [-0.2, 0) is 18.4 Å². The third-order valence-corrected chi connectivity index (χ3v) is 8.54. The van der Waals surface area contributed by atoms with Gasteiger partial charge in [0.15, 0.2) is 5.17 Å². The maximum absolute atomic E-state index is 15.9. The van der Waals surface area contributed by atoms with Crippen molar-refractivity contribution < 1.29 is 13.9 Å². The van der Waals surface area contributed by atoms with Gasteiger partial charge in [-0.25, -0.2) is 14.4 Å². The first-order chi connectivity index (χ1) is 19.5. The standard InChI is InChI=1S/C31H24FN5O2S/c1-39-29-25-14-31(26-13-21(7-8-27(26)32)23-11-19(15-33)16-34-17-23)24(12-22(25)9-10-35-29)18-40-30(37-31)36-28(38)20-5-3-2-4-6-20/h2-11,13,16-17,24H,12,14,18H2,1H3,(H,36,37,38)/t24-,31-/m0/s1. The number of fused-ring (bicyclic) bond motifs is 2. The van der Waals surface area contributed by atoms with Gasteiger partial charge in [0.05, 0.1) is 18.2 Å². The van der Waals surface area contributed by atoms with Crippen LogP contribution in [0.25, 0.3) is 11.1 Å². The second-order valence-corrected chi connectivity index (χ2v) is 10.8. The molecule has 2 aliphatic rings. The molecule has 1 aliphatic carbocycles. The van der Waals surface area contributed by atoms with Gasteiger partial charge in [-0.15, -0.1) is 0 Å². The van der Waals surface area contributed by atoms with E-state index < -0.39 is 11.4 Å². The van der Waals surface area contributed by atoms with Crippen LogP contribution in [0.15, 0.2) is 84.2 Å².